The largest absolute Gasteiger partial charge is 0.304 e. The molecule has 0 aromatic heterocycles. The standard InChI is InChI=1S/C8H17N/c1-4-9(3)7(2)8-5-6-8/h7-8H,4-6H2,1-3H3. The third kappa shape index (κ3) is 1.68. The second-order valence-corrected chi connectivity index (χ2v) is 3.15. The van der Waals surface area contributed by atoms with Crippen LogP contribution in [0.15, 0.2) is 0 Å². The van der Waals surface area contributed by atoms with Gasteiger partial charge in [-0.3, -0.25) is 0 Å². The minimum absolute atomic E-state index is 0.829. The van der Waals surface area contributed by atoms with Crippen LogP contribution in [0.2, 0.25) is 0 Å². The molecule has 1 aliphatic rings. The van der Waals surface area contributed by atoms with Crippen LogP contribution in [-0.2, 0) is 0 Å². The van der Waals surface area contributed by atoms with E-state index in [1.165, 1.54) is 19.4 Å². The zero-order valence-electron chi connectivity index (χ0n) is 6.72. The molecule has 1 unspecified atom stereocenters. The SMILES string of the molecule is CCN(C)C(C)C1CC1. The van der Waals surface area contributed by atoms with Crippen LogP contribution in [0.5, 0.6) is 0 Å². The zero-order chi connectivity index (χ0) is 6.85. The molecule has 1 nitrogen and oxygen atoms in total. The third-order valence-electron chi connectivity index (χ3n) is 2.50. The van der Waals surface area contributed by atoms with Gasteiger partial charge in [-0.25, -0.2) is 0 Å². The summed E-state index contributed by atoms with van der Waals surface area (Å²) in [5.74, 6) is 1.02. The summed E-state index contributed by atoms with van der Waals surface area (Å²) >= 11 is 0. The maximum absolute atomic E-state index is 2.43. The Bertz CT molecular complexity index is 86.6. The van der Waals surface area contributed by atoms with Gasteiger partial charge in [-0.1, -0.05) is 6.92 Å². The van der Waals surface area contributed by atoms with Gasteiger partial charge in [0.1, 0.15) is 0 Å². The molecule has 0 aliphatic heterocycles. The summed E-state index contributed by atoms with van der Waals surface area (Å²) in [5.41, 5.74) is 0. The molecule has 0 radical (unpaired) electrons. The molecule has 0 saturated heterocycles. The fourth-order valence-corrected chi connectivity index (χ4v) is 1.23. The van der Waals surface area contributed by atoms with Crippen molar-refractivity contribution in [3.05, 3.63) is 0 Å². The fourth-order valence-electron chi connectivity index (χ4n) is 1.23. The lowest BCUT2D eigenvalue weighted by atomic mass is 10.2. The minimum Gasteiger partial charge on any atom is -0.304 e. The van der Waals surface area contributed by atoms with Crippen LogP contribution in [0, 0.1) is 5.92 Å². The lowest BCUT2D eigenvalue weighted by molar-refractivity contribution is 0.246. The van der Waals surface area contributed by atoms with E-state index in [0.29, 0.717) is 0 Å². The highest BCUT2D eigenvalue weighted by atomic mass is 15.1. The van der Waals surface area contributed by atoms with Crippen molar-refractivity contribution in [2.24, 2.45) is 5.92 Å². The first kappa shape index (κ1) is 7.07. The lowest BCUT2D eigenvalue weighted by Crippen LogP contribution is -2.30. The molecule has 0 spiro atoms. The minimum atomic E-state index is 0.829. The van der Waals surface area contributed by atoms with E-state index >= 15 is 0 Å². The van der Waals surface area contributed by atoms with Crippen LogP contribution < -0.4 is 0 Å². The second kappa shape index (κ2) is 2.70. The predicted octanol–water partition coefficient (Wildman–Crippen LogP) is 1.74. The summed E-state index contributed by atoms with van der Waals surface area (Å²) in [6, 6.07) is 0.829. The van der Waals surface area contributed by atoms with Crippen molar-refractivity contribution in [2.75, 3.05) is 13.6 Å². The van der Waals surface area contributed by atoms with Gasteiger partial charge in [0.15, 0.2) is 0 Å². The topological polar surface area (TPSA) is 3.24 Å². The predicted molar refractivity (Wildman–Crippen MR) is 40.5 cm³/mol. The van der Waals surface area contributed by atoms with Gasteiger partial charge in [0.2, 0.25) is 0 Å². The highest BCUT2D eigenvalue weighted by Gasteiger charge is 2.29. The van der Waals surface area contributed by atoms with Crippen molar-refractivity contribution in [1.82, 2.24) is 4.90 Å². The van der Waals surface area contributed by atoms with Gasteiger partial charge in [-0.05, 0) is 39.3 Å². The fraction of sp³-hybridized carbons (Fsp3) is 1.00. The summed E-state index contributed by atoms with van der Waals surface area (Å²) in [4.78, 5) is 2.43. The van der Waals surface area contributed by atoms with E-state index in [-0.39, 0.29) is 0 Å². The van der Waals surface area contributed by atoms with E-state index in [1.807, 2.05) is 0 Å². The van der Waals surface area contributed by atoms with Gasteiger partial charge < -0.3 is 4.90 Å². The quantitative estimate of drug-likeness (QED) is 0.558. The molecule has 0 aromatic carbocycles. The molecule has 0 aromatic rings. The second-order valence-electron chi connectivity index (χ2n) is 3.15. The summed E-state index contributed by atoms with van der Waals surface area (Å²) in [7, 11) is 2.21. The van der Waals surface area contributed by atoms with Gasteiger partial charge >= 0.3 is 0 Å². The molecule has 1 aliphatic carbocycles. The molecule has 1 fully saturated rings. The number of hydrogen-bond donors (Lipinski definition) is 0. The van der Waals surface area contributed by atoms with Crippen LogP contribution in [0.3, 0.4) is 0 Å². The first-order valence-electron chi connectivity index (χ1n) is 3.96. The number of rotatable bonds is 3. The van der Waals surface area contributed by atoms with Crippen LogP contribution in [0.1, 0.15) is 26.7 Å². The van der Waals surface area contributed by atoms with Crippen molar-refractivity contribution >= 4 is 0 Å². The lowest BCUT2D eigenvalue weighted by Gasteiger charge is -2.22. The van der Waals surface area contributed by atoms with Crippen LogP contribution in [0.4, 0.5) is 0 Å². The number of nitrogens with zero attached hydrogens (tertiary/aromatic N) is 1. The Morgan fingerprint density at radius 3 is 2.44 bits per heavy atom. The molecule has 9 heavy (non-hydrogen) atoms. The Labute approximate surface area is 58.0 Å². The van der Waals surface area contributed by atoms with Crippen LogP contribution in [-0.4, -0.2) is 24.5 Å². The van der Waals surface area contributed by atoms with Crippen molar-refractivity contribution in [3.8, 4) is 0 Å². The third-order valence-corrected chi connectivity index (χ3v) is 2.50. The Morgan fingerprint density at radius 1 is 1.56 bits per heavy atom. The summed E-state index contributed by atoms with van der Waals surface area (Å²) < 4.78 is 0. The van der Waals surface area contributed by atoms with Crippen molar-refractivity contribution < 1.29 is 0 Å². The zero-order valence-corrected chi connectivity index (χ0v) is 6.72. The number of hydrogen-bond acceptors (Lipinski definition) is 1. The first-order valence-corrected chi connectivity index (χ1v) is 3.96. The van der Waals surface area contributed by atoms with Gasteiger partial charge in [0, 0.05) is 6.04 Å². The van der Waals surface area contributed by atoms with Crippen molar-refractivity contribution in [3.63, 3.8) is 0 Å². The summed E-state index contributed by atoms with van der Waals surface area (Å²) in [5, 5.41) is 0. The molecule has 1 heteroatoms. The highest BCUT2D eigenvalue weighted by Crippen LogP contribution is 2.34. The Morgan fingerprint density at radius 2 is 2.11 bits per heavy atom. The van der Waals surface area contributed by atoms with E-state index in [1.54, 1.807) is 0 Å². The molecular weight excluding hydrogens is 110 g/mol. The molecule has 0 amide bonds. The van der Waals surface area contributed by atoms with Gasteiger partial charge in [-0.2, -0.15) is 0 Å². The van der Waals surface area contributed by atoms with Crippen LogP contribution in [0.25, 0.3) is 0 Å². The molecule has 1 atom stereocenters. The summed E-state index contributed by atoms with van der Waals surface area (Å²) in [6.07, 6.45) is 2.93. The summed E-state index contributed by atoms with van der Waals surface area (Å²) in [6.45, 7) is 5.75. The maximum Gasteiger partial charge on any atom is 0.00920 e. The van der Waals surface area contributed by atoms with Gasteiger partial charge in [0.05, 0.1) is 0 Å². The van der Waals surface area contributed by atoms with Gasteiger partial charge in [-0.15, -0.1) is 0 Å². The molecule has 1 rings (SSSR count). The first-order chi connectivity index (χ1) is 4.25. The van der Waals surface area contributed by atoms with E-state index < -0.39 is 0 Å². The smallest absolute Gasteiger partial charge is 0.00920 e. The molecule has 54 valence electrons. The van der Waals surface area contributed by atoms with E-state index in [9.17, 15) is 0 Å². The molecule has 1 saturated carbocycles. The average Bonchev–Trinajstić information content (AvgIpc) is 2.66. The Kier molecular flexibility index (Phi) is 2.12. The van der Waals surface area contributed by atoms with Gasteiger partial charge in [0.25, 0.3) is 0 Å². The van der Waals surface area contributed by atoms with E-state index in [4.69, 9.17) is 0 Å². The van der Waals surface area contributed by atoms with E-state index in [2.05, 4.69) is 25.8 Å². The van der Waals surface area contributed by atoms with Crippen LogP contribution >= 0.6 is 0 Å². The maximum atomic E-state index is 2.43. The normalized spacial score (nSPS) is 22.7. The average molecular weight is 127 g/mol. The molecule has 0 bridgehead atoms. The molecular formula is C8H17N. The van der Waals surface area contributed by atoms with Crippen molar-refractivity contribution in [2.45, 2.75) is 32.7 Å². The molecule has 0 N–H and O–H groups in total. The molecule has 0 heterocycles. The highest BCUT2D eigenvalue weighted by molar-refractivity contribution is 4.83. The van der Waals surface area contributed by atoms with E-state index in [0.717, 1.165) is 12.0 Å². The monoisotopic (exact) mass is 127 g/mol. The Balaban J connectivity index is 2.22. The van der Waals surface area contributed by atoms with Crippen molar-refractivity contribution in [1.29, 1.82) is 0 Å². The Hall–Kier alpha value is -0.0400.